The quantitative estimate of drug-likeness (QED) is 0.844. The molecule has 0 spiro atoms. The highest BCUT2D eigenvalue weighted by Gasteiger charge is 2.20. The summed E-state index contributed by atoms with van der Waals surface area (Å²) in [5, 5.41) is 18.1. The molecule has 0 amide bonds. The molecule has 3 N–H and O–H groups in total. The zero-order valence-electron chi connectivity index (χ0n) is 9.79. The van der Waals surface area contributed by atoms with Crippen molar-refractivity contribution in [2.45, 2.75) is 9.96 Å². The number of rotatable bonds is 4. The monoisotopic (exact) mass is 290 g/mol. The lowest BCUT2D eigenvalue weighted by Crippen LogP contribution is -1.98. The maximum Gasteiger partial charge on any atom is 0.348 e. The maximum absolute atomic E-state index is 11.0. The molecule has 6 heteroatoms. The van der Waals surface area contributed by atoms with Gasteiger partial charge in [-0.15, -0.1) is 23.1 Å². The van der Waals surface area contributed by atoms with Gasteiger partial charge in [-0.05, 0) is 5.56 Å². The maximum atomic E-state index is 11.0. The number of thiophene rings is 1. The van der Waals surface area contributed by atoms with Crippen LogP contribution >= 0.6 is 23.1 Å². The van der Waals surface area contributed by atoms with Crippen molar-refractivity contribution in [3.8, 4) is 6.07 Å². The Kier molecular flexibility index (Phi) is 4.10. The Labute approximate surface area is 118 Å². The molecule has 0 saturated heterocycles. The van der Waals surface area contributed by atoms with Crippen molar-refractivity contribution in [3.63, 3.8) is 0 Å². The zero-order valence-corrected chi connectivity index (χ0v) is 11.4. The molecule has 19 heavy (non-hydrogen) atoms. The van der Waals surface area contributed by atoms with E-state index in [0.29, 0.717) is 9.96 Å². The zero-order chi connectivity index (χ0) is 13.8. The normalized spacial score (nSPS) is 10.1. The number of thioether (sulfide) groups is 1. The van der Waals surface area contributed by atoms with E-state index in [1.165, 1.54) is 11.8 Å². The highest BCUT2D eigenvalue weighted by Crippen LogP contribution is 2.38. The van der Waals surface area contributed by atoms with Crippen LogP contribution < -0.4 is 5.73 Å². The predicted molar refractivity (Wildman–Crippen MR) is 76.4 cm³/mol. The van der Waals surface area contributed by atoms with E-state index >= 15 is 0 Å². The van der Waals surface area contributed by atoms with Crippen molar-refractivity contribution in [3.05, 3.63) is 46.3 Å². The summed E-state index contributed by atoms with van der Waals surface area (Å²) in [7, 11) is 0. The van der Waals surface area contributed by atoms with E-state index in [9.17, 15) is 4.79 Å². The molecule has 0 bridgehead atoms. The van der Waals surface area contributed by atoms with E-state index in [0.717, 1.165) is 16.9 Å². The average Bonchev–Trinajstić information content (AvgIpc) is 2.74. The van der Waals surface area contributed by atoms with Crippen LogP contribution in [0.25, 0.3) is 0 Å². The van der Waals surface area contributed by atoms with Crippen LogP contribution in [0, 0.1) is 11.3 Å². The molecule has 1 aromatic heterocycles. The van der Waals surface area contributed by atoms with Gasteiger partial charge in [-0.2, -0.15) is 5.26 Å². The summed E-state index contributed by atoms with van der Waals surface area (Å²) in [6, 6.07) is 11.7. The van der Waals surface area contributed by atoms with Gasteiger partial charge < -0.3 is 10.8 Å². The average molecular weight is 290 g/mol. The first-order valence-corrected chi connectivity index (χ1v) is 7.16. The molecule has 4 nitrogen and oxygen atoms in total. The van der Waals surface area contributed by atoms with Crippen LogP contribution in [0.2, 0.25) is 0 Å². The van der Waals surface area contributed by atoms with Crippen molar-refractivity contribution in [1.29, 1.82) is 5.26 Å². The summed E-state index contributed by atoms with van der Waals surface area (Å²) in [5.74, 6) is -0.417. The highest BCUT2D eigenvalue weighted by molar-refractivity contribution is 8.00. The lowest BCUT2D eigenvalue weighted by atomic mass is 10.2. The molecule has 0 unspecified atom stereocenters. The fourth-order valence-electron chi connectivity index (χ4n) is 1.51. The minimum atomic E-state index is -1.09. The first-order valence-electron chi connectivity index (χ1n) is 5.36. The van der Waals surface area contributed by atoms with Gasteiger partial charge in [-0.25, -0.2) is 4.79 Å². The molecule has 0 radical (unpaired) electrons. The number of nitrogen functional groups attached to an aromatic ring is 1. The van der Waals surface area contributed by atoms with Crippen LogP contribution in [0.15, 0.2) is 34.5 Å². The van der Waals surface area contributed by atoms with Crippen LogP contribution in [-0.4, -0.2) is 11.1 Å². The van der Waals surface area contributed by atoms with Gasteiger partial charge >= 0.3 is 5.97 Å². The molecule has 96 valence electrons. The summed E-state index contributed by atoms with van der Waals surface area (Å²) < 4.78 is 0.654. The van der Waals surface area contributed by atoms with E-state index in [1.54, 1.807) is 0 Å². The largest absolute Gasteiger partial charge is 0.477 e. The topological polar surface area (TPSA) is 87.1 Å². The van der Waals surface area contributed by atoms with Crippen LogP contribution in [0.1, 0.15) is 20.8 Å². The molecule has 0 aliphatic carbocycles. The van der Waals surface area contributed by atoms with Gasteiger partial charge in [0.2, 0.25) is 0 Å². The third kappa shape index (κ3) is 2.89. The van der Waals surface area contributed by atoms with Gasteiger partial charge in [0.1, 0.15) is 16.5 Å². The number of nitriles is 1. The standard InChI is InChI=1S/C13H10N2O2S2/c14-6-9-10(15)11(12(16)17)19-13(9)18-7-8-4-2-1-3-5-8/h1-5H,7,15H2,(H,16,17). The lowest BCUT2D eigenvalue weighted by molar-refractivity contribution is 0.0703. The smallest absolute Gasteiger partial charge is 0.348 e. The van der Waals surface area contributed by atoms with E-state index in [4.69, 9.17) is 16.1 Å². The molecule has 2 aromatic rings. The van der Waals surface area contributed by atoms with E-state index in [-0.39, 0.29) is 16.1 Å². The number of carboxylic acids is 1. The summed E-state index contributed by atoms with van der Waals surface area (Å²) >= 11 is 2.48. The second kappa shape index (κ2) is 5.78. The third-order valence-corrected chi connectivity index (χ3v) is 4.97. The number of hydrogen-bond acceptors (Lipinski definition) is 5. The van der Waals surface area contributed by atoms with Crippen molar-refractivity contribution >= 4 is 34.8 Å². The van der Waals surface area contributed by atoms with E-state index in [2.05, 4.69) is 0 Å². The van der Waals surface area contributed by atoms with Gasteiger partial charge in [-0.1, -0.05) is 30.3 Å². The number of nitrogens with two attached hydrogens (primary N) is 1. The molecule has 1 heterocycles. The molecule has 0 saturated carbocycles. The van der Waals surface area contributed by atoms with Crippen molar-refractivity contribution in [2.75, 3.05) is 5.73 Å². The second-order valence-corrected chi connectivity index (χ2v) is 5.96. The summed E-state index contributed by atoms with van der Waals surface area (Å²) in [6.07, 6.45) is 0. The molecule has 0 atom stereocenters. The number of aromatic carboxylic acids is 1. The Hall–Kier alpha value is -1.97. The number of carboxylic acid groups (broad SMARTS) is 1. The van der Waals surface area contributed by atoms with Gasteiger partial charge in [-0.3, -0.25) is 0 Å². The first-order chi connectivity index (χ1) is 9.13. The Bertz CT molecular complexity index is 645. The van der Waals surface area contributed by atoms with Crippen LogP contribution in [0.3, 0.4) is 0 Å². The van der Waals surface area contributed by atoms with Crippen LogP contribution in [0.4, 0.5) is 5.69 Å². The number of benzene rings is 1. The Balaban J connectivity index is 2.24. The number of anilines is 1. The molecular weight excluding hydrogens is 280 g/mol. The number of carbonyl (C=O) groups is 1. The van der Waals surface area contributed by atoms with Gasteiger partial charge in [0.25, 0.3) is 0 Å². The lowest BCUT2D eigenvalue weighted by Gasteiger charge is -1.99. The molecule has 0 aliphatic rings. The fourth-order valence-corrected chi connectivity index (χ4v) is 3.71. The van der Waals surface area contributed by atoms with Gasteiger partial charge in [0.05, 0.1) is 9.90 Å². The first kappa shape index (κ1) is 13.5. The summed E-state index contributed by atoms with van der Waals surface area (Å²) in [5.41, 5.74) is 7.12. The third-order valence-electron chi connectivity index (χ3n) is 2.43. The molecule has 0 aliphatic heterocycles. The minimum absolute atomic E-state index is 0.0344. The van der Waals surface area contributed by atoms with E-state index < -0.39 is 5.97 Å². The SMILES string of the molecule is N#Cc1c(SCc2ccccc2)sc(C(=O)O)c1N. The van der Waals surface area contributed by atoms with Crippen molar-refractivity contribution in [2.24, 2.45) is 0 Å². The van der Waals surface area contributed by atoms with Crippen LogP contribution in [-0.2, 0) is 5.75 Å². The Morgan fingerprint density at radius 3 is 2.68 bits per heavy atom. The molecule has 2 rings (SSSR count). The Morgan fingerprint density at radius 1 is 1.42 bits per heavy atom. The molecule has 1 aromatic carbocycles. The Morgan fingerprint density at radius 2 is 2.11 bits per heavy atom. The van der Waals surface area contributed by atoms with Crippen LogP contribution in [0.5, 0.6) is 0 Å². The molecular formula is C13H10N2O2S2. The minimum Gasteiger partial charge on any atom is -0.477 e. The highest BCUT2D eigenvalue weighted by atomic mass is 32.2. The van der Waals surface area contributed by atoms with Crippen molar-refractivity contribution < 1.29 is 9.90 Å². The number of hydrogen-bond donors (Lipinski definition) is 2. The molecule has 0 fully saturated rings. The fraction of sp³-hybridized carbons (Fsp3) is 0.0769. The van der Waals surface area contributed by atoms with Gasteiger partial charge in [0, 0.05) is 5.75 Å². The van der Waals surface area contributed by atoms with Gasteiger partial charge in [0.15, 0.2) is 0 Å². The predicted octanol–water partition coefficient (Wildman–Crippen LogP) is 3.19. The summed E-state index contributed by atoms with van der Waals surface area (Å²) in [4.78, 5) is 11.0. The second-order valence-electron chi connectivity index (χ2n) is 3.70. The van der Waals surface area contributed by atoms with E-state index in [1.807, 2.05) is 36.4 Å². The van der Waals surface area contributed by atoms with Crippen molar-refractivity contribution in [1.82, 2.24) is 0 Å². The number of nitrogens with zero attached hydrogens (tertiary/aromatic N) is 1. The summed E-state index contributed by atoms with van der Waals surface area (Å²) in [6.45, 7) is 0.